The Kier molecular flexibility index (Phi) is 4.71. The van der Waals surface area contributed by atoms with E-state index < -0.39 is 24.6 Å². The van der Waals surface area contributed by atoms with Crippen LogP contribution in [0.1, 0.15) is 12.8 Å². The van der Waals surface area contributed by atoms with Crippen LogP contribution in [0.25, 0.3) is 10.9 Å². The summed E-state index contributed by atoms with van der Waals surface area (Å²) in [5.41, 5.74) is 1.14. The number of nitrogens with zero attached hydrogens (tertiary/aromatic N) is 4. The van der Waals surface area contributed by atoms with E-state index >= 15 is 0 Å². The normalized spacial score (nSPS) is 17.8. The molecule has 0 unspecified atom stereocenters. The van der Waals surface area contributed by atoms with Crippen LogP contribution in [0.2, 0.25) is 10.3 Å². The van der Waals surface area contributed by atoms with Crippen molar-refractivity contribution in [1.82, 2.24) is 14.5 Å². The fourth-order valence-electron chi connectivity index (χ4n) is 3.82. The summed E-state index contributed by atoms with van der Waals surface area (Å²) >= 11 is 12.0. The minimum absolute atomic E-state index is 0.0273. The van der Waals surface area contributed by atoms with Crippen LogP contribution in [0, 0.1) is 0 Å². The third-order valence-electron chi connectivity index (χ3n) is 5.41. The molecule has 1 aromatic carbocycles. The van der Waals surface area contributed by atoms with Gasteiger partial charge in [-0.3, -0.25) is 4.79 Å². The van der Waals surface area contributed by atoms with Crippen LogP contribution in [-0.2, 0) is 7.05 Å². The SMILES string of the molecule is Cn1c(=O)c2c(c3cc(Nc4nc(Cl)ncc4Cl)ccc31)N(C1CC1)CC(F)(F)CO2. The maximum absolute atomic E-state index is 14.4. The second kappa shape index (κ2) is 7.20. The van der Waals surface area contributed by atoms with Gasteiger partial charge >= 0.3 is 0 Å². The van der Waals surface area contributed by atoms with E-state index in [4.69, 9.17) is 27.9 Å². The van der Waals surface area contributed by atoms with Crippen molar-refractivity contribution in [2.75, 3.05) is 23.4 Å². The third kappa shape index (κ3) is 3.65. The molecule has 5 rings (SSSR count). The lowest BCUT2D eigenvalue weighted by molar-refractivity contribution is -0.0295. The summed E-state index contributed by atoms with van der Waals surface area (Å²) in [6, 6.07) is 5.20. The summed E-state index contributed by atoms with van der Waals surface area (Å²) in [4.78, 5) is 22.5. The minimum atomic E-state index is -3.07. The number of alkyl halides is 2. The highest BCUT2D eigenvalue weighted by Gasteiger charge is 2.44. The highest BCUT2D eigenvalue weighted by molar-refractivity contribution is 6.33. The van der Waals surface area contributed by atoms with Crippen molar-refractivity contribution in [2.24, 2.45) is 7.05 Å². The number of rotatable bonds is 3. The molecule has 0 saturated heterocycles. The Bertz CT molecular complexity index is 1260. The molecule has 3 aromatic rings. The van der Waals surface area contributed by atoms with E-state index in [1.807, 2.05) is 0 Å². The maximum Gasteiger partial charge on any atom is 0.298 e. The molecule has 0 spiro atoms. The molecule has 1 saturated carbocycles. The van der Waals surface area contributed by atoms with Gasteiger partial charge in [0.15, 0.2) is 12.4 Å². The molecule has 0 atom stereocenters. The summed E-state index contributed by atoms with van der Waals surface area (Å²) in [7, 11) is 1.59. The van der Waals surface area contributed by atoms with Gasteiger partial charge in [0.2, 0.25) is 11.0 Å². The van der Waals surface area contributed by atoms with Crippen LogP contribution in [0.5, 0.6) is 5.75 Å². The highest BCUT2D eigenvalue weighted by Crippen LogP contribution is 2.44. The lowest BCUT2D eigenvalue weighted by Crippen LogP contribution is -2.39. The number of fused-ring (bicyclic) bond motifs is 3. The van der Waals surface area contributed by atoms with Gasteiger partial charge in [-0.25, -0.2) is 13.8 Å². The Balaban J connectivity index is 1.70. The van der Waals surface area contributed by atoms with E-state index in [-0.39, 0.29) is 22.1 Å². The molecule has 1 aliphatic carbocycles. The number of halogens is 4. The zero-order chi connectivity index (χ0) is 21.9. The molecule has 0 amide bonds. The first-order valence-corrected chi connectivity index (χ1v) is 10.4. The van der Waals surface area contributed by atoms with Gasteiger partial charge in [0.1, 0.15) is 5.02 Å². The van der Waals surface area contributed by atoms with E-state index in [0.717, 1.165) is 12.8 Å². The second-order valence-electron chi connectivity index (χ2n) is 7.74. The van der Waals surface area contributed by atoms with Gasteiger partial charge in [-0.15, -0.1) is 0 Å². The van der Waals surface area contributed by atoms with Crippen molar-refractivity contribution in [3.8, 4) is 5.75 Å². The van der Waals surface area contributed by atoms with Crippen LogP contribution in [0.3, 0.4) is 0 Å². The third-order valence-corrected chi connectivity index (χ3v) is 5.87. The molecule has 1 N–H and O–H groups in total. The van der Waals surface area contributed by atoms with Crippen LogP contribution in [-0.4, -0.2) is 39.7 Å². The van der Waals surface area contributed by atoms with Crippen molar-refractivity contribution in [3.63, 3.8) is 0 Å². The zero-order valence-corrected chi connectivity index (χ0v) is 17.8. The van der Waals surface area contributed by atoms with E-state index in [1.54, 1.807) is 30.1 Å². The van der Waals surface area contributed by atoms with Gasteiger partial charge in [-0.2, -0.15) is 4.98 Å². The standard InChI is InChI=1S/C20H17Cl2F2N5O2/c1-28-14-5-2-10(26-17-13(21)7-25-19(22)27-17)6-12(14)15-16(18(28)30)31-9-20(23,24)8-29(15)11-3-4-11/h2,5-7,11H,3-4,8-9H2,1H3,(H,25,26,27). The number of aryl methyl sites for hydroxylation is 1. The molecule has 11 heteroatoms. The Morgan fingerprint density at radius 3 is 2.81 bits per heavy atom. The van der Waals surface area contributed by atoms with E-state index in [2.05, 4.69) is 15.3 Å². The number of aromatic nitrogens is 3. The van der Waals surface area contributed by atoms with Crippen LogP contribution in [0.15, 0.2) is 29.2 Å². The van der Waals surface area contributed by atoms with Crippen molar-refractivity contribution >= 4 is 51.3 Å². The quantitative estimate of drug-likeness (QED) is 0.576. The topological polar surface area (TPSA) is 72.3 Å². The molecule has 0 radical (unpaired) electrons. The lowest BCUT2D eigenvalue weighted by Gasteiger charge is -2.27. The van der Waals surface area contributed by atoms with Gasteiger partial charge in [0.25, 0.3) is 11.5 Å². The number of hydrogen-bond acceptors (Lipinski definition) is 6. The summed E-state index contributed by atoms with van der Waals surface area (Å²) < 4.78 is 35.6. The fourth-order valence-corrected chi connectivity index (χ4v) is 4.09. The molecule has 7 nitrogen and oxygen atoms in total. The Morgan fingerprint density at radius 1 is 1.29 bits per heavy atom. The largest absolute Gasteiger partial charge is 0.480 e. The molecule has 1 aliphatic heterocycles. The smallest absolute Gasteiger partial charge is 0.298 e. The van der Waals surface area contributed by atoms with Gasteiger partial charge < -0.3 is 19.5 Å². The number of nitrogens with one attached hydrogen (secondary N) is 1. The van der Waals surface area contributed by atoms with Crippen molar-refractivity contribution < 1.29 is 13.5 Å². The molecule has 162 valence electrons. The lowest BCUT2D eigenvalue weighted by atomic mass is 10.1. The summed E-state index contributed by atoms with van der Waals surface area (Å²) in [6.07, 6.45) is 2.96. The molecule has 2 aliphatic rings. The van der Waals surface area contributed by atoms with Crippen molar-refractivity contribution in [1.29, 1.82) is 0 Å². The van der Waals surface area contributed by atoms with Crippen molar-refractivity contribution in [3.05, 3.63) is 45.1 Å². The van der Waals surface area contributed by atoms with Gasteiger partial charge in [0, 0.05) is 24.2 Å². The maximum atomic E-state index is 14.4. The van der Waals surface area contributed by atoms with Gasteiger partial charge in [0.05, 0.1) is 23.9 Å². The first-order valence-electron chi connectivity index (χ1n) is 9.62. The van der Waals surface area contributed by atoms with Crippen molar-refractivity contribution in [2.45, 2.75) is 24.8 Å². The zero-order valence-electron chi connectivity index (χ0n) is 16.3. The second-order valence-corrected chi connectivity index (χ2v) is 8.48. The highest BCUT2D eigenvalue weighted by atomic mass is 35.5. The van der Waals surface area contributed by atoms with E-state index in [0.29, 0.717) is 28.1 Å². The number of hydrogen-bond donors (Lipinski definition) is 1. The Morgan fingerprint density at radius 2 is 2.06 bits per heavy atom. The number of benzene rings is 1. The fraction of sp³-hybridized carbons (Fsp3) is 0.350. The predicted octanol–water partition coefficient (Wildman–Crippen LogP) is 4.38. The van der Waals surface area contributed by atoms with Gasteiger partial charge in [-0.05, 0) is 42.6 Å². The van der Waals surface area contributed by atoms with Crippen LogP contribution >= 0.6 is 23.2 Å². The minimum Gasteiger partial charge on any atom is -0.480 e. The molecule has 1 fully saturated rings. The molecule has 0 bridgehead atoms. The number of pyridine rings is 1. The summed E-state index contributed by atoms with van der Waals surface area (Å²) in [6.45, 7) is -1.34. The monoisotopic (exact) mass is 467 g/mol. The van der Waals surface area contributed by atoms with Crippen LogP contribution in [0.4, 0.5) is 26.0 Å². The first-order chi connectivity index (χ1) is 14.7. The average Bonchev–Trinajstić information content (AvgIpc) is 3.56. The van der Waals surface area contributed by atoms with Crippen LogP contribution < -0.4 is 20.5 Å². The Hall–Kier alpha value is -2.65. The Labute approximate surface area is 185 Å². The average molecular weight is 468 g/mol. The van der Waals surface area contributed by atoms with E-state index in [9.17, 15) is 13.6 Å². The molecule has 2 aromatic heterocycles. The summed E-state index contributed by atoms with van der Waals surface area (Å²) in [5.74, 6) is -2.82. The molecule has 31 heavy (non-hydrogen) atoms. The molecular weight excluding hydrogens is 451 g/mol. The summed E-state index contributed by atoms with van der Waals surface area (Å²) in [5, 5.41) is 3.99. The van der Waals surface area contributed by atoms with E-state index in [1.165, 1.54) is 10.8 Å². The van der Waals surface area contributed by atoms with Gasteiger partial charge in [-0.1, -0.05) is 11.6 Å². The first kappa shape index (κ1) is 20.3. The predicted molar refractivity (Wildman–Crippen MR) is 115 cm³/mol. The number of anilines is 3. The molecule has 3 heterocycles. The number of ether oxygens (including phenoxy) is 1. The molecular formula is C20H17Cl2F2N5O2.